The quantitative estimate of drug-likeness (QED) is 0.656. The van der Waals surface area contributed by atoms with Crippen LogP contribution >= 0.6 is 0 Å². The predicted molar refractivity (Wildman–Crippen MR) is 80.7 cm³/mol. The summed E-state index contributed by atoms with van der Waals surface area (Å²) >= 11 is 0. The second-order valence-electron chi connectivity index (χ2n) is 5.40. The van der Waals surface area contributed by atoms with Crippen LogP contribution in [0, 0.1) is 21.8 Å². The molecular weight excluding hydrogens is 313 g/mol. The van der Waals surface area contributed by atoms with E-state index in [0.29, 0.717) is 32.5 Å². The number of nitrogens with one attached hydrogen (secondary N) is 1. The van der Waals surface area contributed by atoms with Gasteiger partial charge in [0.15, 0.2) is 0 Å². The number of sulfonamides is 1. The van der Waals surface area contributed by atoms with Crippen molar-refractivity contribution in [3.63, 3.8) is 0 Å². The van der Waals surface area contributed by atoms with Crippen molar-refractivity contribution in [1.82, 2.24) is 4.31 Å². The lowest BCUT2D eigenvalue weighted by Gasteiger charge is -2.30. The molecule has 22 heavy (non-hydrogen) atoms. The molecule has 1 aliphatic rings. The lowest BCUT2D eigenvalue weighted by molar-refractivity contribution is -0.384. The highest BCUT2D eigenvalue weighted by Gasteiger charge is 2.25. The van der Waals surface area contributed by atoms with Gasteiger partial charge in [-0.1, -0.05) is 0 Å². The number of rotatable bonds is 5. The molecule has 0 aromatic heterocycles. The van der Waals surface area contributed by atoms with Crippen molar-refractivity contribution in [2.24, 2.45) is 5.92 Å². The Morgan fingerprint density at radius 2 is 2.05 bits per heavy atom. The minimum atomic E-state index is -3.17. The summed E-state index contributed by atoms with van der Waals surface area (Å²) in [6, 6.07) is 3.28. The van der Waals surface area contributed by atoms with Gasteiger partial charge in [-0.25, -0.2) is 17.1 Å². The number of nitrogens with zero attached hydrogens (tertiary/aromatic N) is 2. The molecule has 0 unspecified atom stereocenters. The molecule has 0 radical (unpaired) electrons. The molecule has 0 spiro atoms. The van der Waals surface area contributed by atoms with Gasteiger partial charge in [0.1, 0.15) is 11.5 Å². The Balaban J connectivity index is 1.95. The number of nitro benzene ring substituents is 1. The lowest BCUT2D eigenvalue weighted by atomic mass is 9.98. The average Bonchev–Trinajstić information content (AvgIpc) is 2.44. The number of anilines is 1. The first kappa shape index (κ1) is 16.6. The van der Waals surface area contributed by atoms with Crippen molar-refractivity contribution >= 4 is 21.4 Å². The topological polar surface area (TPSA) is 92.6 Å². The van der Waals surface area contributed by atoms with Crippen LogP contribution in [0.1, 0.15) is 12.8 Å². The summed E-state index contributed by atoms with van der Waals surface area (Å²) in [6.07, 6.45) is 2.52. The molecule has 0 amide bonds. The third-order valence-electron chi connectivity index (χ3n) is 3.78. The van der Waals surface area contributed by atoms with E-state index in [0.717, 1.165) is 18.2 Å². The standard InChI is InChI=1S/C13H18FN3O4S/c1-22(20,21)16-6-4-10(5-7-16)9-15-12-8-11(14)2-3-13(12)17(18)19/h2-3,8,10,15H,4-7,9H2,1H3. The van der Waals surface area contributed by atoms with E-state index in [1.54, 1.807) is 0 Å². The molecule has 0 saturated carbocycles. The third-order valence-corrected chi connectivity index (χ3v) is 5.08. The molecule has 1 N–H and O–H groups in total. The van der Waals surface area contributed by atoms with Gasteiger partial charge in [0.25, 0.3) is 5.69 Å². The Kier molecular flexibility index (Phi) is 4.97. The van der Waals surface area contributed by atoms with Crippen molar-refractivity contribution in [3.05, 3.63) is 34.1 Å². The number of hydrogen-bond donors (Lipinski definition) is 1. The van der Waals surface area contributed by atoms with Gasteiger partial charge in [-0.3, -0.25) is 10.1 Å². The molecule has 0 aliphatic carbocycles. The van der Waals surface area contributed by atoms with Gasteiger partial charge < -0.3 is 5.32 Å². The van der Waals surface area contributed by atoms with E-state index in [1.165, 1.54) is 10.6 Å². The maximum absolute atomic E-state index is 13.2. The van der Waals surface area contributed by atoms with Gasteiger partial charge >= 0.3 is 0 Å². The molecule has 1 heterocycles. The van der Waals surface area contributed by atoms with Crippen LogP contribution < -0.4 is 5.32 Å². The van der Waals surface area contributed by atoms with Crippen LogP contribution in [0.15, 0.2) is 18.2 Å². The fourth-order valence-electron chi connectivity index (χ4n) is 2.51. The van der Waals surface area contributed by atoms with Crippen LogP contribution in [-0.4, -0.2) is 43.5 Å². The van der Waals surface area contributed by atoms with Crippen molar-refractivity contribution in [2.75, 3.05) is 31.2 Å². The molecule has 1 fully saturated rings. The molecule has 1 saturated heterocycles. The SMILES string of the molecule is CS(=O)(=O)N1CCC(CNc2cc(F)ccc2[N+](=O)[O-])CC1. The zero-order valence-electron chi connectivity index (χ0n) is 12.2. The smallest absolute Gasteiger partial charge is 0.292 e. The Labute approximate surface area is 128 Å². The largest absolute Gasteiger partial charge is 0.379 e. The first-order valence-electron chi connectivity index (χ1n) is 6.90. The summed E-state index contributed by atoms with van der Waals surface area (Å²) in [5.41, 5.74) is -0.0227. The summed E-state index contributed by atoms with van der Waals surface area (Å²) < 4.78 is 37.5. The zero-order chi connectivity index (χ0) is 16.3. The van der Waals surface area contributed by atoms with Crippen molar-refractivity contribution in [1.29, 1.82) is 0 Å². The second kappa shape index (κ2) is 6.57. The normalized spacial score (nSPS) is 17.4. The highest BCUT2D eigenvalue weighted by atomic mass is 32.2. The minimum Gasteiger partial charge on any atom is -0.379 e. The monoisotopic (exact) mass is 331 g/mol. The average molecular weight is 331 g/mol. The summed E-state index contributed by atoms with van der Waals surface area (Å²) in [4.78, 5) is 10.3. The maximum atomic E-state index is 13.2. The van der Waals surface area contributed by atoms with E-state index in [1.807, 2.05) is 0 Å². The lowest BCUT2D eigenvalue weighted by Crippen LogP contribution is -2.39. The van der Waals surface area contributed by atoms with E-state index in [4.69, 9.17) is 0 Å². The third kappa shape index (κ3) is 4.14. The van der Waals surface area contributed by atoms with Crippen molar-refractivity contribution in [2.45, 2.75) is 12.8 Å². The van der Waals surface area contributed by atoms with Crippen LogP contribution in [0.25, 0.3) is 0 Å². The van der Waals surface area contributed by atoms with Gasteiger partial charge in [0, 0.05) is 31.8 Å². The van der Waals surface area contributed by atoms with Crippen LogP contribution in [0.3, 0.4) is 0 Å². The molecule has 122 valence electrons. The van der Waals surface area contributed by atoms with E-state index >= 15 is 0 Å². The molecule has 1 aromatic rings. The fourth-order valence-corrected chi connectivity index (χ4v) is 3.38. The molecule has 9 heteroatoms. The Bertz CT molecular complexity index is 657. The van der Waals surface area contributed by atoms with Gasteiger partial charge in [-0.15, -0.1) is 0 Å². The summed E-state index contributed by atoms with van der Waals surface area (Å²) in [7, 11) is -3.17. The van der Waals surface area contributed by atoms with Gasteiger partial charge in [-0.2, -0.15) is 0 Å². The van der Waals surface area contributed by atoms with Gasteiger partial charge in [-0.05, 0) is 24.8 Å². The molecule has 1 aliphatic heterocycles. The van der Waals surface area contributed by atoms with Crippen LogP contribution in [-0.2, 0) is 10.0 Å². The first-order valence-corrected chi connectivity index (χ1v) is 8.75. The van der Waals surface area contributed by atoms with Gasteiger partial charge in [0.05, 0.1) is 11.2 Å². The van der Waals surface area contributed by atoms with Crippen LogP contribution in [0.5, 0.6) is 0 Å². The molecule has 2 rings (SSSR count). The number of nitro groups is 1. The summed E-state index contributed by atoms with van der Waals surface area (Å²) in [5, 5.41) is 13.8. The molecule has 0 atom stereocenters. The summed E-state index contributed by atoms with van der Waals surface area (Å²) in [6.45, 7) is 1.33. The first-order chi connectivity index (χ1) is 10.3. The molecule has 1 aromatic carbocycles. The van der Waals surface area contributed by atoms with E-state index in [9.17, 15) is 22.9 Å². The molecule has 0 bridgehead atoms. The second-order valence-corrected chi connectivity index (χ2v) is 7.39. The Morgan fingerprint density at radius 1 is 1.41 bits per heavy atom. The summed E-state index contributed by atoms with van der Waals surface area (Å²) in [5.74, 6) is -0.346. The number of hydrogen-bond acceptors (Lipinski definition) is 5. The van der Waals surface area contributed by atoms with E-state index < -0.39 is 20.8 Å². The van der Waals surface area contributed by atoms with Gasteiger partial charge in [0.2, 0.25) is 10.0 Å². The number of halogens is 1. The minimum absolute atomic E-state index is 0.149. The van der Waals surface area contributed by atoms with Crippen LogP contribution in [0.4, 0.5) is 15.8 Å². The van der Waals surface area contributed by atoms with Crippen molar-refractivity contribution < 1.29 is 17.7 Å². The number of piperidine rings is 1. The van der Waals surface area contributed by atoms with E-state index in [-0.39, 0.29) is 17.3 Å². The maximum Gasteiger partial charge on any atom is 0.292 e. The Hall–Kier alpha value is -1.74. The van der Waals surface area contributed by atoms with E-state index in [2.05, 4.69) is 5.32 Å². The Morgan fingerprint density at radius 3 is 2.59 bits per heavy atom. The number of benzene rings is 1. The fraction of sp³-hybridized carbons (Fsp3) is 0.538. The highest BCUT2D eigenvalue weighted by molar-refractivity contribution is 7.88. The van der Waals surface area contributed by atoms with Crippen LogP contribution in [0.2, 0.25) is 0 Å². The predicted octanol–water partition coefficient (Wildman–Crippen LogP) is 1.82. The molecule has 7 nitrogen and oxygen atoms in total. The van der Waals surface area contributed by atoms with Crippen molar-refractivity contribution in [3.8, 4) is 0 Å². The zero-order valence-corrected chi connectivity index (χ0v) is 13.0. The molecular formula is C13H18FN3O4S. The highest BCUT2D eigenvalue weighted by Crippen LogP contribution is 2.26.